The summed E-state index contributed by atoms with van der Waals surface area (Å²) in [6.45, 7) is 0. The first kappa shape index (κ1) is 14.9. The van der Waals surface area contributed by atoms with E-state index in [1.807, 2.05) is 35.7 Å². The van der Waals surface area contributed by atoms with Gasteiger partial charge in [0, 0.05) is 10.9 Å². The van der Waals surface area contributed by atoms with Crippen LogP contribution in [0.5, 0.6) is 0 Å². The van der Waals surface area contributed by atoms with E-state index in [-0.39, 0.29) is 5.56 Å². The molecule has 3 rings (SSSR count). The van der Waals surface area contributed by atoms with Gasteiger partial charge in [-0.05, 0) is 17.7 Å². The highest BCUT2D eigenvalue weighted by molar-refractivity contribution is 7.14. The fourth-order valence-corrected chi connectivity index (χ4v) is 2.65. The van der Waals surface area contributed by atoms with Crippen LogP contribution in [0.4, 0.5) is 5.13 Å². The Labute approximate surface area is 137 Å². The molecular weight excluding hydrogens is 310 g/mol. The first-order valence-electron chi connectivity index (χ1n) is 6.86. The molecule has 0 aliphatic rings. The van der Waals surface area contributed by atoms with Crippen molar-refractivity contribution in [2.24, 2.45) is 5.10 Å². The van der Waals surface area contributed by atoms with Gasteiger partial charge in [0.05, 0.1) is 17.5 Å². The zero-order valence-corrected chi connectivity index (χ0v) is 12.8. The van der Waals surface area contributed by atoms with Crippen LogP contribution in [0.1, 0.15) is 15.9 Å². The molecule has 0 aliphatic heterocycles. The zero-order chi connectivity index (χ0) is 16.1. The van der Waals surface area contributed by atoms with E-state index in [1.54, 1.807) is 30.5 Å². The minimum absolute atomic E-state index is 0.231. The number of hydrogen-bond donors (Lipinski definition) is 2. The summed E-state index contributed by atoms with van der Waals surface area (Å²) < 4.78 is 0. The van der Waals surface area contributed by atoms with Crippen molar-refractivity contribution >= 4 is 28.7 Å². The van der Waals surface area contributed by atoms with Crippen molar-refractivity contribution < 1.29 is 9.90 Å². The molecule has 2 N–H and O–H groups in total. The summed E-state index contributed by atoms with van der Waals surface area (Å²) in [6, 6.07) is 16.5. The van der Waals surface area contributed by atoms with Crippen LogP contribution < -0.4 is 5.43 Å². The predicted octanol–water partition coefficient (Wildman–Crippen LogP) is 3.95. The molecule has 0 saturated carbocycles. The van der Waals surface area contributed by atoms with E-state index in [9.17, 15) is 4.79 Å². The number of benzene rings is 2. The number of thiazole rings is 1. The lowest BCUT2D eigenvalue weighted by atomic mass is 10.1. The second-order valence-electron chi connectivity index (χ2n) is 4.70. The molecule has 23 heavy (non-hydrogen) atoms. The van der Waals surface area contributed by atoms with Gasteiger partial charge in [-0.2, -0.15) is 5.10 Å². The van der Waals surface area contributed by atoms with Crippen LogP contribution in [-0.4, -0.2) is 22.3 Å². The Morgan fingerprint density at radius 3 is 2.78 bits per heavy atom. The summed E-state index contributed by atoms with van der Waals surface area (Å²) in [7, 11) is 0. The number of carbonyl (C=O) groups is 1. The molecule has 3 aromatic rings. The van der Waals surface area contributed by atoms with Gasteiger partial charge >= 0.3 is 5.97 Å². The highest BCUT2D eigenvalue weighted by atomic mass is 32.1. The number of rotatable bonds is 5. The highest BCUT2D eigenvalue weighted by Crippen LogP contribution is 2.24. The van der Waals surface area contributed by atoms with E-state index in [1.165, 1.54) is 11.3 Å². The summed E-state index contributed by atoms with van der Waals surface area (Å²) in [5.41, 5.74) is 5.74. The Morgan fingerprint density at radius 1 is 1.17 bits per heavy atom. The Kier molecular flexibility index (Phi) is 4.44. The van der Waals surface area contributed by atoms with Crippen molar-refractivity contribution in [1.82, 2.24) is 4.98 Å². The summed E-state index contributed by atoms with van der Waals surface area (Å²) in [5.74, 6) is -0.958. The monoisotopic (exact) mass is 323 g/mol. The van der Waals surface area contributed by atoms with Gasteiger partial charge in [0.2, 0.25) is 5.13 Å². The van der Waals surface area contributed by atoms with Crippen LogP contribution in [0.25, 0.3) is 11.3 Å². The standard InChI is InChI=1S/C17H13N3O2S/c21-16(22)14-8-4-5-12(9-14)10-18-20-17-19-15(11-23-17)13-6-2-1-3-7-13/h1-11H,(H,19,20)(H,21,22). The number of carboxylic acid groups (broad SMARTS) is 1. The van der Waals surface area contributed by atoms with Gasteiger partial charge in [-0.25, -0.2) is 9.78 Å². The molecule has 0 aliphatic carbocycles. The van der Waals surface area contributed by atoms with E-state index in [0.29, 0.717) is 10.7 Å². The predicted molar refractivity (Wildman–Crippen MR) is 92.2 cm³/mol. The smallest absolute Gasteiger partial charge is 0.335 e. The number of aromatic carboxylic acids is 1. The SMILES string of the molecule is O=C(O)c1cccc(C=NNc2nc(-c3ccccc3)cs2)c1. The van der Waals surface area contributed by atoms with Crippen LogP contribution in [0.15, 0.2) is 65.1 Å². The average Bonchev–Trinajstić information content (AvgIpc) is 3.05. The second kappa shape index (κ2) is 6.85. The number of anilines is 1. The summed E-state index contributed by atoms with van der Waals surface area (Å²) in [5, 5.41) is 15.7. The Hall–Kier alpha value is -2.99. The first-order chi connectivity index (χ1) is 11.2. The van der Waals surface area contributed by atoms with Gasteiger partial charge in [0.25, 0.3) is 0 Å². The molecular formula is C17H13N3O2S. The number of hydrazone groups is 1. The molecule has 114 valence electrons. The third kappa shape index (κ3) is 3.81. The lowest BCUT2D eigenvalue weighted by molar-refractivity contribution is 0.0697. The highest BCUT2D eigenvalue weighted by Gasteiger charge is 2.03. The van der Waals surface area contributed by atoms with Crippen LogP contribution in [0.3, 0.4) is 0 Å². The van der Waals surface area contributed by atoms with Crippen LogP contribution >= 0.6 is 11.3 Å². The fourth-order valence-electron chi connectivity index (χ4n) is 1.98. The molecule has 0 unspecified atom stereocenters. The van der Waals surface area contributed by atoms with E-state index in [4.69, 9.17) is 5.11 Å². The molecule has 0 amide bonds. The van der Waals surface area contributed by atoms with Crippen molar-refractivity contribution in [2.75, 3.05) is 5.43 Å². The van der Waals surface area contributed by atoms with Crippen LogP contribution in [0, 0.1) is 0 Å². The molecule has 0 radical (unpaired) electrons. The average molecular weight is 323 g/mol. The normalized spacial score (nSPS) is 10.8. The third-order valence-electron chi connectivity index (χ3n) is 3.08. The molecule has 0 bridgehead atoms. The van der Waals surface area contributed by atoms with E-state index in [0.717, 1.165) is 11.3 Å². The molecule has 2 aromatic carbocycles. The van der Waals surface area contributed by atoms with E-state index >= 15 is 0 Å². The minimum atomic E-state index is -0.958. The van der Waals surface area contributed by atoms with Gasteiger partial charge in [-0.3, -0.25) is 5.43 Å². The minimum Gasteiger partial charge on any atom is -0.478 e. The lowest BCUT2D eigenvalue weighted by Gasteiger charge is -1.97. The van der Waals surface area contributed by atoms with E-state index in [2.05, 4.69) is 15.5 Å². The summed E-state index contributed by atoms with van der Waals surface area (Å²) in [4.78, 5) is 15.4. The number of nitrogens with zero attached hydrogens (tertiary/aromatic N) is 2. The van der Waals surface area contributed by atoms with Crippen molar-refractivity contribution in [3.05, 3.63) is 71.1 Å². The van der Waals surface area contributed by atoms with Gasteiger partial charge in [-0.15, -0.1) is 11.3 Å². The van der Waals surface area contributed by atoms with Crippen molar-refractivity contribution in [3.8, 4) is 11.3 Å². The lowest BCUT2D eigenvalue weighted by Crippen LogP contribution is -1.97. The Bertz CT molecular complexity index is 844. The second-order valence-corrected chi connectivity index (χ2v) is 5.56. The molecule has 6 heteroatoms. The maximum atomic E-state index is 10.9. The number of hydrogen-bond acceptors (Lipinski definition) is 5. The maximum Gasteiger partial charge on any atom is 0.335 e. The quantitative estimate of drug-likeness (QED) is 0.550. The van der Waals surface area contributed by atoms with Gasteiger partial charge in [-0.1, -0.05) is 42.5 Å². The summed E-state index contributed by atoms with van der Waals surface area (Å²) >= 11 is 1.46. The van der Waals surface area contributed by atoms with Gasteiger partial charge < -0.3 is 5.11 Å². The molecule has 0 atom stereocenters. The van der Waals surface area contributed by atoms with E-state index < -0.39 is 5.97 Å². The van der Waals surface area contributed by atoms with Crippen molar-refractivity contribution in [2.45, 2.75) is 0 Å². The maximum absolute atomic E-state index is 10.9. The number of carboxylic acids is 1. The Balaban J connectivity index is 1.68. The van der Waals surface area contributed by atoms with Gasteiger partial charge in [0.1, 0.15) is 0 Å². The number of nitrogens with one attached hydrogen (secondary N) is 1. The van der Waals surface area contributed by atoms with Crippen LogP contribution in [0.2, 0.25) is 0 Å². The first-order valence-corrected chi connectivity index (χ1v) is 7.74. The van der Waals surface area contributed by atoms with Crippen LogP contribution in [-0.2, 0) is 0 Å². The molecule has 5 nitrogen and oxygen atoms in total. The summed E-state index contributed by atoms with van der Waals surface area (Å²) in [6.07, 6.45) is 1.57. The zero-order valence-electron chi connectivity index (χ0n) is 12.0. The molecule has 1 heterocycles. The number of aromatic nitrogens is 1. The fraction of sp³-hybridized carbons (Fsp3) is 0. The van der Waals surface area contributed by atoms with Gasteiger partial charge in [0.15, 0.2) is 0 Å². The Morgan fingerprint density at radius 2 is 2.00 bits per heavy atom. The van der Waals surface area contributed by atoms with Crippen molar-refractivity contribution in [1.29, 1.82) is 0 Å². The topological polar surface area (TPSA) is 74.6 Å². The molecule has 0 spiro atoms. The molecule has 1 aromatic heterocycles. The molecule has 0 saturated heterocycles. The third-order valence-corrected chi connectivity index (χ3v) is 3.83. The largest absolute Gasteiger partial charge is 0.478 e. The van der Waals surface area contributed by atoms with Crippen molar-refractivity contribution in [3.63, 3.8) is 0 Å². The molecule has 0 fully saturated rings.